The molecule has 0 atom stereocenters. The first-order chi connectivity index (χ1) is 10.7. The third kappa shape index (κ3) is 3.34. The highest BCUT2D eigenvalue weighted by Crippen LogP contribution is 2.23. The molecule has 1 aliphatic carbocycles. The van der Waals surface area contributed by atoms with Crippen LogP contribution in [0.3, 0.4) is 0 Å². The largest absolute Gasteiger partial charge is 0.375 e. The van der Waals surface area contributed by atoms with Crippen LogP contribution in [-0.4, -0.2) is 10.8 Å². The summed E-state index contributed by atoms with van der Waals surface area (Å²) < 4.78 is 0. The predicted molar refractivity (Wildman–Crippen MR) is 95.1 cm³/mol. The van der Waals surface area contributed by atoms with Gasteiger partial charge in [-0.15, -0.1) is 0 Å². The van der Waals surface area contributed by atoms with E-state index in [0.717, 1.165) is 23.3 Å². The lowest BCUT2D eigenvalue weighted by atomic mass is 9.89. The molecule has 4 heteroatoms. The second kappa shape index (κ2) is 6.71. The molecule has 0 saturated carbocycles. The molecule has 1 aliphatic rings. The van der Waals surface area contributed by atoms with E-state index in [1.807, 2.05) is 30.3 Å². The van der Waals surface area contributed by atoms with Crippen molar-refractivity contribution in [2.45, 2.75) is 25.7 Å². The fourth-order valence-corrected chi connectivity index (χ4v) is 2.93. The first-order valence-electron chi connectivity index (χ1n) is 7.55. The molecule has 0 bridgehead atoms. The van der Waals surface area contributed by atoms with Gasteiger partial charge in [0.05, 0.1) is 5.71 Å². The molecule has 3 nitrogen and oxygen atoms in total. The minimum Gasteiger partial charge on any atom is -0.375 e. The molecule has 0 fully saturated rings. The Labute approximate surface area is 136 Å². The zero-order valence-electron chi connectivity index (χ0n) is 12.4. The van der Waals surface area contributed by atoms with E-state index in [2.05, 4.69) is 28.7 Å². The Balaban J connectivity index is 2.02. The smallest absolute Gasteiger partial charge is 0.184 e. The molecule has 0 radical (unpaired) electrons. The fraction of sp³-hybridized carbons (Fsp3) is 0.222. The van der Waals surface area contributed by atoms with E-state index in [9.17, 15) is 0 Å². The Morgan fingerprint density at radius 2 is 1.68 bits per heavy atom. The summed E-state index contributed by atoms with van der Waals surface area (Å²) in [6, 6.07) is 16.7. The van der Waals surface area contributed by atoms with Gasteiger partial charge in [-0.25, -0.2) is 0 Å². The molecule has 112 valence electrons. The normalized spacial score (nSPS) is 14.3. The van der Waals surface area contributed by atoms with Crippen molar-refractivity contribution in [3.63, 3.8) is 0 Å². The number of aryl methyl sites for hydroxylation is 2. The number of benzene rings is 2. The number of nitrogens with one attached hydrogen (secondary N) is 1. The third-order valence-electron chi connectivity index (χ3n) is 3.95. The summed E-state index contributed by atoms with van der Waals surface area (Å²) in [7, 11) is 0. The number of hydrazone groups is 1. The van der Waals surface area contributed by atoms with Gasteiger partial charge in [-0.1, -0.05) is 42.5 Å². The third-order valence-corrected chi connectivity index (χ3v) is 4.04. The molecular formula is C18H19N3S. The van der Waals surface area contributed by atoms with Crippen molar-refractivity contribution in [2.75, 3.05) is 0 Å². The van der Waals surface area contributed by atoms with Crippen LogP contribution in [0.25, 0.3) is 0 Å². The van der Waals surface area contributed by atoms with E-state index in [-0.39, 0.29) is 5.11 Å². The van der Waals surface area contributed by atoms with Crippen molar-refractivity contribution in [1.29, 1.82) is 0 Å². The van der Waals surface area contributed by atoms with E-state index in [0.29, 0.717) is 0 Å². The summed E-state index contributed by atoms with van der Waals surface area (Å²) in [6.45, 7) is 0. The zero-order valence-corrected chi connectivity index (χ0v) is 13.2. The Kier molecular flexibility index (Phi) is 4.49. The number of fused-ring (bicyclic) bond motifs is 1. The number of hydrogen-bond acceptors (Lipinski definition) is 2. The molecule has 3 rings (SSSR count). The van der Waals surface area contributed by atoms with Crippen molar-refractivity contribution < 1.29 is 0 Å². The molecule has 0 amide bonds. The predicted octanol–water partition coefficient (Wildman–Crippen LogP) is 3.15. The van der Waals surface area contributed by atoms with E-state index < -0.39 is 0 Å². The van der Waals surface area contributed by atoms with Crippen LogP contribution in [-0.2, 0) is 12.8 Å². The maximum atomic E-state index is 5.52. The molecule has 3 N–H and O–H groups in total. The van der Waals surface area contributed by atoms with Crippen molar-refractivity contribution >= 4 is 23.0 Å². The quantitative estimate of drug-likeness (QED) is 0.520. The maximum absolute atomic E-state index is 5.52. The average Bonchev–Trinajstić information content (AvgIpc) is 2.55. The number of nitrogens with two attached hydrogens (primary N) is 1. The van der Waals surface area contributed by atoms with Crippen molar-refractivity contribution in [1.82, 2.24) is 5.43 Å². The van der Waals surface area contributed by atoms with Gasteiger partial charge in [0.15, 0.2) is 5.11 Å². The topological polar surface area (TPSA) is 50.4 Å². The summed E-state index contributed by atoms with van der Waals surface area (Å²) >= 11 is 4.87. The van der Waals surface area contributed by atoms with Gasteiger partial charge in [0.25, 0.3) is 0 Å². The van der Waals surface area contributed by atoms with Gasteiger partial charge in [0.2, 0.25) is 0 Å². The molecule has 22 heavy (non-hydrogen) atoms. The van der Waals surface area contributed by atoms with Crippen LogP contribution >= 0.6 is 12.2 Å². The lowest BCUT2D eigenvalue weighted by Gasteiger charge is -2.17. The highest BCUT2D eigenvalue weighted by Gasteiger charge is 2.13. The van der Waals surface area contributed by atoms with Gasteiger partial charge in [0.1, 0.15) is 0 Å². The van der Waals surface area contributed by atoms with Gasteiger partial charge in [-0.2, -0.15) is 5.10 Å². The summed E-state index contributed by atoms with van der Waals surface area (Å²) in [5, 5.41) is 4.59. The number of rotatable bonds is 3. The molecule has 0 aliphatic heterocycles. The summed E-state index contributed by atoms with van der Waals surface area (Å²) in [4.78, 5) is 0. The molecule has 0 saturated heterocycles. The van der Waals surface area contributed by atoms with E-state index in [1.54, 1.807) is 0 Å². The van der Waals surface area contributed by atoms with Gasteiger partial charge >= 0.3 is 0 Å². The maximum Gasteiger partial charge on any atom is 0.184 e. The van der Waals surface area contributed by atoms with Crippen LogP contribution in [0.2, 0.25) is 0 Å². The van der Waals surface area contributed by atoms with Crippen molar-refractivity contribution in [2.24, 2.45) is 10.8 Å². The minimum absolute atomic E-state index is 0.173. The van der Waals surface area contributed by atoms with Crippen molar-refractivity contribution in [3.8, 4) is 0 Å². The van der Waals surface area contributed by atoms with Crippen LogP contribution in [0.1, 0.15) is 35.1 Å². The van der Waals surface area contributed by atoms with E-state index in [4.69, 9.17) is 18.0 Å². The first-order valence-corrected chi connectivity index (χ1v) is 7.95. The second-order valence-electron chi connectivity index (χ2n) is 5.49. The molecule has 2 aromatic carbocycles. The van der Waals surface area contributed by atoms with Gasteiger partial charge in [-0.3, -0.25) is 5.43 Å². The molecule has 0 aromatic heterocycles. The van der Waals surface area contributed by atoms with Crippen LogP contribution in [0.15, 0.2) is 53.6 Å². The molecule has 0 unspecified atom stereocenters. The lowest BCUT2D eigenvalue weighted by Crippen LogP contribution is -2.26. The van der Waals surface area contributed by atoms with Crippen LogP contribution in [0.5, 0.6) is 0 Å². The second-order valence-corrected chi connectivity index (χ2v) is 5.93. The molecule has 0 heterocycles. The Hall–Kier alpha value is -2.20. The first kappa shape index (κ1) is 14.7. The van der Waals surface area contributed by atoms with Gasteiger partial charge < -0.3 is 5.73 Å². The van der Waals surface area contributed by atoms with Crippen molar-refractivity contribution in [3.05, 3.63) is 70.8 Å². The van der Waals surface area contributed by atoms with Crippen LogP contribution in [0.4, 0.5) is 0 Å². The zero-order chi connectivity index (χ0) is 15.4. The SMILES string of the molecule is NC(=S)NN=C(c1ccccc1)c1ccc2c(c1)CCCC2. The van der Waals surface area contributed by atoms with Crippen LogP contribution < -0.4 is 11.2 Å². The number of nitrogens with zero attached hydrogens (tertiary/aromatic N) is 1. The Morgan fingerprint density at radius 1 is 0.955 bits per heavy atom. The minimum atomic E-state index is 0.173. The monoisotopic (exact) mass is 309 g/mol. The molecule has 0 spiro atoms. The average molecular weight is 309 g/mol. The number of thiocarbonyl (C=S) groups is 1. The highest BCUT2D eigenvalue weighted by molar-refractivity contribution is 7.80. The standard InChI is InChI=1S/C18H19N3S/c19-18(22)21-20-17(14-7-2-1-3-8-14)16-11-10-13-6-4-5-9-15(13)12-16/h1-3,7-8,10-12H,4-6,9H2,(H3,19,21,22). The van der Waals surface area contributed by atoms with E-state index in [1.165, 1.54) is 30.4 Å². The summed E-state index contributed by atoms with van der Waals surface area (Å²) in [6.07, 6.45) is 4.88. The summed E-state index contributed by atoms with van der Waals surface area (Å²) in [5.41, 5.74) is 14.1. The Morgan fingerprint density at radius 3 is 2.41 bits per heavy atom. The van der Waals surface area contributed by atoms with Gasteiger partial charge in [-0.05, 0) is 55.1 Å². The van der Waals surface area contributed by atoms with Gasteiger partial charge in [0, 0.05) is 11.1 Å². The summed E-state index contributed by atoms with van der Waals surface area (Å²) in [5.74, 6) is 0. The fourth-order valence-electron chi connectivity index (χ4n) is 2.88. The van der Waals surface area contributed by atoms with Crippen LogP contribution in [0, 0.1) is 0 Å². The number of hydrogen-bond donors (Lipinski definition) is 2. The lowest BCUT2D eigenvalue weighted by molar-refractivity contribution is 0.685. The molecule has 2 aromatic rings. The Bertz CT molecular complexity index is 708. The van der Waals surface area contributed by atoms with E-state index >= 15 is 0 Å². The highest BCUT2D eigenvalue weighted by atomic mass is 32.1. The molecular weight excluding hydrogens is 290 g/mol.